The summed E-state index contributed by atoms with van der Waals surface area (Å²) in [6.07, 6.45) is 1.93. The maximum Gasteiger partial charge on any atom is 0.303 e. The van der Waals surface area contributed by atoms with Gasteiger partial charge in [0.15, 0.2) is 0 Å². The van der Waals surface area contributed by atoms with Crippen LogP contribution in [0.25, 0.3) is 11.3 Å². The SMILES string of the molecule is CC(C)(C)C(=O)n1nc(-c2cccn(CCCC(=O)O)c2=O)cc1NCc1ccc(Cl)s1. The fourth-order valence-electron chi connectivity index (χ4n) is 3.04. The Balaban J connectivity index is 1.94. The number of carbonyl (C=O) groups is 2. The maximum atomic E-state index is 13.0. The lowest BCUT2D eigenvalue weighted by atomic mass is 9.96. The van der Waals surface area contributed by atoms with Crippen LogP contribution in [0.5, 0.6) is 0 Å². The number of carboxylic acid groups (broad SMARTS) is 1. The van der Waals surface area contributed by atoms with Crippen molar-refractivity contribution in [2.24, 2.45) is 5.41 Å². The number of halogens is 1. The van der Waals surface area contributed by atoms with Crippen LogP contribution in [0.2, 0.25) is 4.34 Å². The molecule has 8 nitrogen and oxygen atoms in total. The second kappa shape index (κ2) is 9.70. The van der Waals surface area contributed by atoms with E-state index in [0.717, 1.165) is 4.88 Å². The lowest BCUT2D eigenvalue weighted by Gasteiger charge is -2.18. The number of thiophene rings is 1. The highest BCUT2D eigenvalue weighted by Crippen LogP contribution is 2.26. The van der Waals surface area contributed by atoms with Gasteiger partial charge in [0.2, 0.25) is 0 Å². The number of nitrogens with one attached hydrogen (secondary N) is 1. The van der Waals surface area contributed by atoms with Gasteiger partial charge in [-0.25, -0.2) is 0 Å². The molecular weight excluding hydrogens is 452 g/mol. The van der Waals surface area contributed by atoms with Gasteiger partial charge in [0.1, 0.15) is 11.5 Å². The number of aryl methyl sites for hydroxylation is 1. The van der Waals surface area contributed by atoms with Crippen molar-refractivity contribution in [1.29, 1.82) is 0 Å². The number of pyridine rings is 1. The second-order valence-corrected chi connectivity index (χ2v) is 10.2. The molecule has 0 aliphatic heterocycles. The third-order valence-electron chi connectivity index (χ3n) is 4.70. The topological polar surface area (TPSA) is 106 Å². The van der Waals surface area contributed by atoms with Crippen LogP contribution in [0.15, 0.2) is 41.3 Å². The number of anilines is 1. The summed E-state index contributed by atoms with van der Waals surface area (Å²) in [5, 5.41) is 16.5. The van der Waals surface area contributed by atoms with Gasteiger partial charge in [-0.2, -0.15) is 9.78 Å². The minimum absolute atomic E-state index is 0.0216. The van der Waals surface area contributed by atoms with E-state index in [1.807, 2.05) is 12.1 Å². The predicted octanol–water partition coefficient (Wildman–Crippen LogP) is 4.59. The number of carbonyl (C=O) groups excluding carboxylic acids is 1. The van der Waals surface area contributed by atoms with Crippen LogP contribution < -0.4 is 10.9 Å². The molecule has 0 fully saturated rings. The van der Waals surface area contributed by atoms with Crippen LogP contribution in [-0.2, 0) is 17.9 Å². The molecule has 10 heteroatoms. The summed E-state index contributed by atoms with van der Waals surface area (Å²) in [6, 6.07) is 8.75. The third kappa shape index (κ3) is 5.66. The van der Waals surface area contributed by atoms with E-state index in [2.05, 4.69) is 10.4 Å². The molecule has 0 radical (unpaired) electrons. The highest BCUT2D eigenvalue weighted by molar-refractivity contribution is 7.16. The molecule has 0 unspecified atom stereocenters. The zero-order valence-corrected chi connectivity index (χ0v) is 19.7. The Morgan fingerprint density at radius 2 is 2.00 bits per heavy atom. The summed E-state index contributed by atoms with van der Waals surface area (Å²) >= 11 is 7.44. The Morgan fingerprint density at radius 3 is 2.62 bits per heavy atom. The number of aromatic nitrogens is 3. The van der Waals surface area contributed by atoms with E-state index in [4.69, 9.17) is 16.7 Å². The Hall–Kier alpha value is -2.91. The van der Waals surface area contributed by atoms with Crippen LogP contribution in [0, 0.1) is 5.41 Å². The summed E-state index contributed by atoms with van der Waals surface area (Å²) in [6.45, 7) is 6.14. The van der Waals surface area contributed by atoms with Crippen molar-refractivity contribution in [1.82, 2.24) is 14.3 Å². The van der Waals surface area contributed by atoms with Crippen LogP contribution in [-0.4, -0.2) is 31.3 Å². The van der Waals surface area contributed by atoms with Gasteiger partial charge in [0.25, 0.3) is 11.5 Å². The molecule has 32 heavy (non-hydrogen) atoms. The van der Waals surface area contributed by atoms with Crippen molar-refractivity contribution in [3.05, 3.63) is 56.1 Å². The average Bonchev–Trinajstić information content (AvgIpc) is 3.32. The highest BCUT2D eigenvalue weighted by Gasteiger charge is 2.27. The van der Waals surface area contributed by atoms with E-state index in [-0.39, 0.29) is 24.4 Å². The Morgan fingerprint density at radius 1 is 1.25 bits per heavy atom. The lowest BCUT2D eigenvalue weighted by molar-refractivity contribution is -0.137. The standard InChI is InChI=1S/C22H25ClN4O4S/c1-22(2,3)21(31)27-18(24-13-14-8-9-17(23)32-14)12-16(25-27)15-6-4-10-26(20(15)30)11-5-7-19(28)29/h4,6,8-10,12,24H,5,7,11,13H2,1-3H3,(H,28,29). The van der Waals surface area contributed by atoms with E-state index in [0.29, 0.717) is 34.4 Å². The largest absolute Gasteiger partial charge is 0.481 e. The predicted molar refractivity (Wildman–Crippen MR) is 126 cm³/mol. The van der Waals surface area contributed by atoms with Crippen molar-refractivity contribution in [3.63, 3.8) is 0 Å². The first kappa shape index (κ1) is 23.7. The van der Waals surface area contributed by atoms with E-state index in [1.165, 1.54) is 20.6 Å². The van der Waals surface area contributed by atoms with Gasteiger partial charge >= 0.3 is 5.97 Å². The minimum atomic E-state index is -0.906. The summed E-state index contributed by atoms with van der Waals surface area (Å²) in [5.41, 5.74) is -0.264. The van der Waals surface area contributed by atoms with Crippen molar-refractivity contribution in [2.45, 2.75) is 46.7 Å². The molecule has 0 amide bonds. The van der Waals surface area contributed by atoms with Crippen molar-refractivity contribution in [2.75, 3.05) is 5.32 Å². The molecule has 0 saturated carbocycles. The Bertz CT molecular complexity index is 1190. The normalized spacial score (nSPS) is 11.5. The molecule has 0 aromatic carbocycles. The number of aliphatic carboxylic acids is 1. The smallest absolute Gasteiger partial charge is 0.303 e. The molecule has 0 atom stereocenters. The van der Waals surface area contributed by atoms with E-state index in [9.17, 15) is 14.4 Å². The molecule has 3 aromatic heterocycles. The number of carboxylic acids is 1. The first-order valence-corrected chi connectivity index (χ1v) is 11.3. The monoisotopic (exact) mass is 476 g/mol. The van der Waals surface area contributed by atoms with E-state index < -0.39 is 11.4 Å². The average molecular weight is 477 g/mol. The van der Waals surface area contributed by atoms with Gasteiger partial charge in [0, 0.05) is 35.5 Å². The van der Waals surface area contributed by atoms with E-state index in [1.54, 1.807) is 45.2 Å². The van der Waals surface area contributed by atoms with Crippen molar-refractivity contribution < 1.29 is 14.7 Å². The van der Waals surface area contributed by atoms with Crippen molar-refractivity contribution in [3.8, 4) is 11.3 Å². The van der Waals surface area contributed by atoms with Crippen LogP contribution in [0.1, 0.15) is 43.3 Å². The van der Waals surface area contributed by atoms with Crippen molar-refractivity contribution >= 4 is 40.6 Å². The molecule has 0 saturated heterocycles. The van der Waals surface area contributed by atoms with Gasteiger partial charge in [-0.15, -0.1) is 11.3 Å². The number of nitrogens with zero attached hydrogens (tertiary/aromatic N) is 3. The minimum Gasteiger partial charge on any atom is -0.481 e. The molecule has 170 valence electrons. The number of hydrogen-bond donors (Lipinski definition) is 2. The number of hydrogen-bond acceptors (Lipinski definition) is 6. The summed E-state index contributed by atoms with van der Waals surface area (Å²) in [4.78, 5) is 37.7. The molecule has 0 spiro atoms. The molecule has 0 aliphatic rings. The quantitative estimate of drug-likeness (QED) is 0.492. The first-order chi connectivity index (χ1) is 15.1. The Labute approximate surface area is 194 Å². The molecule has 3 aromatic rings. The molecule has 0 bridgehead atoms. The van der Waals surface area contributed by atoms with E-state index >= 15 is 0 Å². The first-order valence-electron chi connectivity index (χ1n) is 10.1. The summed E-state index contributed by atoms with van der Waals surface area (Å²) in [5.74, 6) is -0.644. The molecule has 3 heterocycles. The van der Waals surface area contributed by atoms with Gasteiger partial charge in [-0.1, -0.05) is 32.4 Å². The zero-order chi connectivity index (χ0) is 23.5. The van der Waals surface area contributed by atoms with Crippen LogP contribution >= 0.6 is 22.9 Å². The fraction of sp³-hybridized carbons (Fsp3) is 0.364. The summed E-state index contributed by atoms with van der Waals surface area (Å²) in [7, 11) is 0. The second-order valence-electron chi connectivity index (χ2n) is 8.36. The maximum absolute atomic E-state index is 13.0. The lowest BCUT2D eigenvalue weighted by Crippen LogP contribution is -2.29. The molecule has 2 N–H and O–H groups in total. The Kier molecular flexibility index (Phi) is 7.20. The number of rotatable bonds is 8. The van der Waals surface area contributed by atoms with Gasteiger partial charge in [0.05, 0.1) is 16.4 Å². The van der Waals surface area contributed by atoms with Gasteiger partial charge in [-0.05, 0) is 30.7 Å². The van der Waals surface area contributed by atoms with Gasteiger partial charge in [-0.3, -0.25) is 14.4 Å². The fourth-order valence-corrected chi connectivity index (χ4v) is 4.07. The highest BCUT2D eigenvalue weighted by atomic mass is 35.5. The molecule has 3 rings (SSSR count). The van der Waals surface area contributed by atoms with Crippen LogP contribution in [0.3, 0.4) is 0 Å². The van der Waals surface area contributed by atoms with Crippen LogP contribution in [0.4, 0.5) is 5.82 Å². The molecule has 0 aliphatic carbocycles. The summed E-state index contributed by atoms with van der Waals surface area (Å²) < 4.78 is 3.43. The third-order valence-corrected chi connectivity index (χ3v) is 5.93. The zero-order valence-electron chi connectivity index (χ0n) is 18.1. The van der Waals surface area contributed by atoms with Gasteiger partial charge < -0.3 is 15.0 Å². The molecular formula is C22H25ClN4O4S.